The second-order valence-electron chi connectivity index (χ2n) is 10.1. The zero-order chi connectivity index (χ0) is 37.6. The van der Waals surface area contributed by atoms with E-state index in [2.05, 4.69) is 94.0 Å². The van der Waals surface area contributed by atoms with Crippen LogP contribution in [0.2, 0.25) is 0 Å². The van der Waals surface area contributed by atoms with Gasteiger partial charge in [0.1, 0.15) is 0 Å². The molecule has 3 atom stereocenters. The summed E-state index contributed by atoms with van der Waals surface area (Å²) < 4.78 is 0. The minimum atomic E-state index is -1.72. The Balaban J connectivity index is 0.000000160. The fourth-order valence-electron chi connectivity index (χ4n) is 4.28. The Morgan fingerprint density at radius 3 is 1.09 bits per heavy atom. The minimum Gasteiger partial charge on any atom is -0.545 e. The van der Waals surface area contributed by atoms with Gasteiger partial charge in [0.2, 0.25) is 17.0 Å². The molecular weight excluding hydrogens is 889 g/mol. The largest absolute Gasteiger partial charge is 3.00 e. The van der Waals surface area contributed by atoms with E-state index in [0.717, 1.165) is 11.4 Å². The Labute approximate surface area is 316 Å². The van der Waals surface area contributed by atoms with Gasteiger partial charge in [0.25, 0.3) is 0 Å². The molecule has 0 bridgehead atoms. The number of hydrogen-bond acceptors (Lipinski definition) is 23. The molecule has 8 heterocycles. The van der Waals surface area contributed by atoms with Gasteiger partial charge in [0.15, 0.2) is 0 Å². The van der Waals surface area contributed by atoms with Crippen LogP contribution < -0.4 is 48.2 Å². The molecule has 8 rings (SSSR count). The average Bonchev–Trinajstić information content (AvgIpc) is 4.05. The van der Waals surface area contributed by atoms with E-state index in [1.54, 1.807) is 48.8 Å². The van der Waals surface area contributed by atoms with Crippen molar-refractivity contribution in [1.82, 2.24) is 63.0 Å². The Morgan fingerprint density at radius 1 is 0.481 bits per heavy atom. The van der Waals surface area contributed by atoms with E-state index in [4.69, 9.17) is 0 Å². The van der Waals surface area contributed by atoms with Gasteiger partial charge in [0.05, 0.1) is 46.4 Å². The molecule has 5 aromatic heterocycles. The van der Waals surface area contributed by atoms with Gasteiger partial charge in [-0.05, 0) is 54.6 Å². The maximum atomic E-state index is 10.9. The molecule has 0 spiro atoms. The van der Waals surface area contributed by atoms with Crippen LogP contribution in [-0.2, 0) is 51.5 Å². The van der Waals surface area contributed by atoms with Crippen LogP contribution in [0.15, 0.2) is 141 Å². The SMILES string of the molecule is O=C([O-])C1(c2ccccn2)N=NNN1.O=C([O-])C1(c2ccccn2)N=NNN1.O=C([O-])C1(c2ccccn2)N=NNN1.[Ir+3].c1ccc(-c2ccn[nH]2)nc1. The number of aliphatic carboxylic acids is 3. The van der Waals surface area contributed by atoms with Crippen LogP contribution in [0.5, 0.6) is 0 Å². The van der Waals surface area contributed by atoms with E-state index in [-0.39, 0.29) is 37.2 Å². The monoisotopic (exact) mass is 914 g/mol. The molecule has 0 radical (unpaired) electrons. The number of carbonyl (C=O) groups excluding carboxylic acids is 3. The number of hydrogen-bond donors (Lipinski definition) is 7. The quantitative estimate of drug-likeness (QED) is 0.0848. The van der Waals surface area contributed by atoms with Gasteiger partial charge in [-0.2, -0.15) is 21.4 Å². The van der Waals surface area contributed by atoms with Crippen LogP contribution >= 0.6 is 0 Å². The van der Waals surface area contributed by atoms with E-state index in [9.17, 15) is 29.7 Å². The number of nitrogens with zero attached hydrogens (tertiary/aromatic N) is 11. The van der Waals surface area contributed by atoms with Crippen molar-refractivity contribution in [3.63, 3.8) is 0 Å². The summed E-state index contributed by atoms with van der Waals surface area (Å²) in [7, 11) is 0. The fraction of sp³-hybridized carbons (Fsp3) is 0.103. The van der Waals surface area contributed by atoms with Crippen molar-refractivity contribution in [1.29, 1.82) is 0 Å². The Morgan fingerprint density at radius 2 is 0.852 bits per heavy atom. The molecule has 3 aliphatic heterocycles. The second-order valence-corrected chi connectivity index (χ2v) is 10.1. The van der Waals surface area contributed by atoms with Gasteiger partial charge in [-0.15, -0.1) is 15.3 Å². The van der Waals surface area contributed by atoms with Crippen LogP contribution in [0, 0.1) is 0 Å². The Kier molecular flexibility index (Phi) is 13.6. The third kappa shape index (κ3) is 8.87. The molecule has 54 heavy (non-hydrogen) atoms. The number of nitrogens with one attached hydrogen (secondary N) is 7. The first-order valence-electron chi connectivity index (χ1n) is 14.9. The molecule has 0 fully saturated rings. The molecule has 0 saturated heterocycles. The van der Waals surface area contributed by atoms with E-state index >= 15 is 0 Å². The molecule has 0 saturated carbocycles. The van der Waals surface area contributed by atoms with Crippen LogP contribution in [0.1, 0.15) is 17.1 Å². The first kappa shape index (κ1) is 39.7. The molecule has 0 aliphatic carbocycles. The molecule has 25 heteroatoms. The summed E-state index contributed by atoms with van der Waals surface area (Å²) in [6.45, 7) is 0. The van der Waals surface area contributed by atoms with E-state index in [1.165, 1.54) is 36.8 Å². The number of aromatic nitrogens is 6. The summed E-state index contributed by atoms with van der Waals surface area (Å²) in [6, 6.07) is 22.2. The normalized spacial score (nSPS) is 21.1. The summed E-state index contributed by atoms with van der Waals surface area (Å²) >= 11 is 0. The van der Waals surface area contributed by atoms with Crippen molar-refractivity contribution in [2.75, 3.05) is 0 Å². The van der Waals surface area contributed by atoms with Gasteiger partial charge in [-0.1, -0.05) is 39.9 Å². The Bertz CT molecular complexity index is 1870. The third-order valence-corrected chi connectivity index (χ3v) is 6.89. The molecule has 3 unspecified atom stereocenters. The molecular formula is C29H25IrN18O6. The average molecular weight is 914 g/mol. The summed E-state index contributed by atoms with van der Waals surface area (Å²) in [4.78, 5) is 48.5. The van der Waals surface area contributed by atoms with Crippen LogP contribution in [0.25, 0.3) is 11.4 Å². The number of hydrazine groups is 3. The van der Waals surface area contributed by atoms with Crippen LogP contribution in [0.3, 0.4) is 0 Å². The fourth-order valence-corrected chi connectivity index (χ4v) is 4.28. The number of pyridine rings is 4. The van der Waals surface area contributed by atoms with Crippen molar-refractivity contribution < 1.29 is 49.8 Å². The second kappa shape index (κ2) is 18.4. The van der Waals surface area contributed by atoms with Gasteiger partial charge in [-0.3, -0.25) is 25.0 Å². The van der Waals surface area contributed by atoms with Crippen LogP contribution in [0.4, 0.5) is 0 Å². The number of aromatic amines is 1. The molecule has 24 nitrogen and oxygen atoms in total. The molecule has 5 aromatic rings. The van der Waals surface area contributed by atoms with Gasteiger partial charge < -0.3 is 29.7 Å². The van der Waals surface area contributed by atoms with Crippen molar-refractivity contribution in [2.45, 2.75) is 17.0 Å². The standard InChI is InChI=1S/C8H7N3.3C7H7N5O2.Ir/c1-2-5-9-7(3-1)8-4-6-10-11-8;3*13-6(14)7(9-11-12-10-7)5-3-1-2-4-8-5;/h1-6H,(H,10,11);3*1-4H,(H,9,12)(H,10,11)(H,13,14);/q;;;;+3/p-3. The third-order valence-electron chi connectivity index (χ3n) is 6.89. The first-order chi connectivity index (χ1) is 25.7. The smallest absolute Gasteiger partial charge is 0.545 e. The number of carbonyl (C=O) groups is 3. The van der Waals surface area contributed by atoms with E-state index < -0.39 is 34.9 Å². The molecule has 276 valence electrons. The van der Waals surface area contributed by atoms with Crippen molar-refractivity contribution >= 4 is 17.9 Å². The predicted octanol–water partition coefficient (Wildman–Crippen LogP) is -3.15. The topological polar surface area (TPSA) is 347 Å². The minimum absolute atomic E-state index is 0. The van der Waals surface area contributed by atoms with Crippen LogP contribution in [-0.4, -0.2) is 48.0 Å². The summed E-state index contributed by atoms with van der Waals surface area (Å²) in [5.74, 6) is -4.24. The zero-order valence-corrected chi connectivity index (χ0v) is 29.5. The van der Waals surface area contributed by atoms with Gasteiger partial charge in [-0.25, -0.2) is 16.6 Å². The Hall–Kier alpha value is -7.05. The van der Waals surface area contributed by atoms with Crippen molar-refractivity contribution in [2.24, 2.45) is 31.0 Å². The molecule has 0 aromatic carbocycles. The van der Waals surface area contributed by atoms with Crippen molar-refractivity contribution in [3.8, 4) is 11.4 Å². The maximum Gasteiger partial charge on any atom is 3.00 e. The van der Waals surface area contributed by atoms with E-state index in [0.29, 0.717) is 0 Å². The molecule has 3 aliphatic rings. The van der Waals surface area contributed by atoms with Gasteiger partial charge >= 0.3 is 20.1 Å². The predicted molar refractivity (Wildman–Crippen MR) is 168 cm³/mol. The maximum absolute atomic E-state index is 10.9. The van der Waals surface area contributed by atoms with Gasteiger partial charge in [0, 0.05) is 31.0 Å². The van der Waals surface area contributed by atoms with E-state index in [1.807, 2.05) is 24.3 Å². The summed E-state index contributed by atoms with van der Waals surface area (Å²) in [6.07, 6.45) is 7.88. The number of carboxylic acid groups (broad SMARTS) is 3. The summed E-state index contributed by atoms with van der Waals surface area (Å²) in [5, 5.41) is 60.0. The van der Waals surface area contributed by atoms with Crippen molar-refractivity contribution in [3.05, 3.63) is 127 Å². The number of carboxylic acids is 3. The first-order valence-corrected chi connectivity index (χ1v) is 14.9. The number of H-pyrrole nitrogens is 1. The zero-order valence-electron chi connectivity index (χ0n) is 27.1. The summed E-state index contributed by atoms with van der Waals surface area (Å²) in [5.41, 5.74) is 11.2. The number of rotatable bonds is 7. The molecule has 7 N–H and O–H groups in total. The molecule has 0 amide bonds.